The van der Waals surface area contributed by atoms with Gasteiger partial charge >= 0.3 is 0 Å². The quantitative estimate of drug-likeness (QED) is 0.355. The third kappa shape index (κ3) is 4.00. The summed E-state index contributed by atoms with van der Waals surface area (Å²) in [5.74, 6) is 7.03. The Bertz CT molecular complexity index is 320. The van der Waals surface area contributed by atoms with Gasteiger partial charge in [-0.25, -0.2) is 10.8 Å². The monoisotopic (exact) mass is 226 g/mol. The number of aryl methyl sites for hydroxylation is 1. The van der Waals surface area contributed by atoms with Crippen LogP contribution in [0.4, 0.5) is 5.82 Å². The number of aliphatic hydroxyl groups excluding tert-OH is 1. The number of nitrogens with zero attached hydrogens (tertiary/aromatic N) is 2. The van der Waals surface area contributed by atoms with E-state index in [1.54, 1.807) is 6.07 Å². The van der Waals surface area contributed by atoms with Crippen LogP contribution in [0.15, 0.2) is 6.07 Å². The van der Waals surface area contributed by atoms with Crippen LogP contribution in [-0.2, 0) is 6.42 Å². The van der Waals surface area contributed by atoms with Crippen molar-refractivity contribution in [2.45, 2.75) is 26.2 Å². The Morgan fingerprint density at radius 1 is 1.50 bits per heavy atom. The first-order chi connectivity index (χ1) is 7.80. The van der Waals surface area contributed by atoms with Gasteiger partial charge in [-0.05, 0) is 6.42 Å². The lowest BCUT2D eigenvalue weighted by Gasteiger charge is -2.08. The molecule has 90 valence electrons. The molecule has 0 spiro atoms. The van der Waals surface area contributed by atoms with Crippen molar-refractivity contribution in [3.05, 3.63) is 11.9 Å². The molecule has 1 aromatic heterocycles. The highest BCUT2D eigenvalue weighted by molar-refractivity contribution is 5.36. The molecule has 0 radical (unpaired) electrons. The molecule has 0 fully saturated rings. The van der Waals surface area contributed by atoms with E-state index >= 15 is 0 Å². The summed E-state index contributed by atoms with van der Waals surface area (Å²) in [5, 5.41) is 8.64. The van der Waals surface area contributed by atoms with Crippen molar-refractivity contribution >= 4 is 5.82 Å². The van der Waals surface area contributed by atoms with E-state index in [1.165, 1.54) is 0 Å². The molecular weight excluding hydrogens is 208 g/mol. The fourth-order valence-corrected chi connectivity index (χ4v) is 1.20. The average Bonchev–Trinajstić information content (AvgIpc) is 2.29. The van der Waals surface area contributed by atoms with Gasteiger partial charge < -0.3 is 15.3 Å². The predicted octanol–water partition coefficient (Wildman–Crippen LogP) is 0.476. The number of hydrogen-bond donors (Lipinski definition) is 3. The van der Waals surface area contributed by atoms with Gasteiger partial charge in [-0.2, -0.15) is 4.98 Å². The molecule has 16 heavy (non-hydrogen) atoms. The van der Waals surface area contributed by atoms with Crippen molar-refractivity contribution in [2.24, 2.45) is 5.84 Å². The highest BCUT2D eigenvalue weighted by Gasteiger charge is 2.04. The van der Waals surface area contributed by atoms with Gasteiger partial charge in [0.05, 0.1) is 6.61 Å². The number of ether oxygens (including phenoxy) is 1. The number of aromatic nitrogens is 2. The smallest absolute Gasteiger partial charge is 0.218 e. The zero-order chi connectivity index (χ0) is 11.8. The van der Waals surface area contributed by atoms with Crippen molar-refractivity contribution in [3.8, 4) is 5.88 Å². The van der Waals surface area contributed by atoms with Gasteiger partial charge in [-0.15, -0.1) is 0 Å². The van der Waals surface area contributed by atoms with Crippen LogP contribution in [0.5, 0.6) is 5.88 Å². The summed E-state index contributed by atoms with van der Waals surface area (Å²) in [6.07, 6.45) is 2.33. The lowest BCUT2D eigenvalue weighted by atomic mass is 10.3. The molecule has 4 N–H and O–H groups in total. The molecule has 0 aromatic carbocycles. The van der Waals surface area contributed by atoms with Crippen LogP contribution in [0.1, 0.15) is 25.6 Å². The van der Waals surface area contributed by atoms with Gasteiger partial charge in [-0.3, -0.25) is 0 Å². The van der Waals surface area contributed by atoms with E-state index in [-0.39, 0.29) is 6.61 Å². The van der Waals surface area contributed by atoms with E-state index in [0.29, 0.717) is 30.5 Å². The van der Waals surface area contributed by atoms with Crippen molar-refractivity contribution in [1.29, 1.82) is 0 Å². The topological polar surface area (TPSA) is 93.3 Å². The van der Waals surface area contributed by atoms with Crippen molar-refractivity contribution < 1.29 is 9.84 Å². The minimum atomic E-state index is 0.106. The van der Waals surface area contributed by atoms with Gasteiger partial charge in [0, 0.05) is 25.5 Å². The number of nitrogen functional groups attached to an aromatic ring is 1. The molecule has 0 amide bonds. The van der Waals surface area contributed by atoms with E-state index in [2.05, 4.69) is 22.3 Å². The van der Waals surface area contributed by atoms with E-state index in [4.69, 9.17) is 15.7 Å². The molecule has 0 atom stereocenters. The number of hydrazine groups is 1. The van der Waals surface area contributed by atoms with Crippen LogP contribution >= 0.6 is 0 Å². The molecule has 0 aliphatic carbocycles. The second kappa shape index (κ2) is 6.97. The Labute approximate surface area is 94.8 Å². The number of nitrogens with two attached hydrogens (primary N) is 1. The molecule has 0 unspecified atom stereocenters. The molecule has 0 aliphatic heterocycles. The molecule has 0 bridgehead atoms. The summed E-state index contributed by atoms with van der Waals surface area (Å²) in [7, 11) is 0. The summed E-state index contributed by atoms with van der Waals surface area (Å²) in [6.45, 7) is 2.59. The molecular formula is C10H18N4O2. The summed E-state index contributed by atoms with van der Waals surface area (Å²) in [4.78, 5) is 8.43. The third-order valence-corrected chi connectivity index (χ3v) is 1.92. The standard InChI is InChI=1S/C10H18N4O2/c1-2-4-8-12-9(14-11)7-10(13-8)16-6-3-5-15/h7,15H,2-6,11H2,1H3,(H,12,13,14). The van der Waals surface area contributed by atoms with E-state index < -0.39 is 0 Å². The number of hydrogen-bond acceptors (Lipinski definition) is 6. The molecule has 1 heterocycles. The van der Waals surface area contributed by atoms with E-state index in [1.807, 2.05) is 0 Å². The molecule has 6 nitrogen and oxygen atoms in total. The summed E-state index contributed by atoms with van der Waals surface area (Å²) >= 11 is 0. The maximum Gasteiger partial charge on any atom is 0.218 e. The number of anilines is 1. The van der Waals surface area contributed by atoms with Gasteiger partial charge in [0.25, 0.3) is 0 Å². The fraction of sp³-hybridized carbons (Fsp3) is 0.600. The van der Waals surface area contributed by atoms with Crippen molar-refractivity contribution in [2.75, 3.05) is 18.6 Å². The summed E-state index contributed by atoms with van der Waals surface area (Å²) < 4.78 is 5.37. The third-order valence-electron chi connectivity index (χ3n) is 1.92. The molecule has 1 rings (SSSR count). The Kier molecular flexibility index (Phi) is 5.52. The van der Waals surface area contributed by atoms with Gasteiger partial charge in [-0.1, -0.05) is 6.92 Å². The van der Waals surface area contributed by atoms with Crippen LogP contribution < -0.4 is 16.0 Å². The normalized spacial score (nSPS) is 10.2. The maximum atomic E-state index is 8.64. The van der Waals surface area contributed by atoms with Crippen molar-refractivity contribution in [3.63, 3.8) is 0 Å². The Morgan fingerprint density at radius 3 is 2.94 bits per heavy atom. The first-order valence-corrected chi connectivity index (χ1v) is 5.38. The lowest BCUT2D eigenvalue weighted by Crippen LogP contribution is -2.11. The predicted molar refractivity (Wildman–Crippen MR) is 61.0 cm³/mol. The zero-order valence-corrected chi connectivity index (χ0v) is 9.44. The first kappa shape index (κ1) is 12.7. The molecule has 6 heteroatoms. The Balaban J connectivity index is 2.69. The molecule has 1 aromatic rings. The van der Waals surface area contributed by atoms with Crippen LogP contribution in [0.3, 0.4) is 0 Å². The summed E-state index contributed by atoms with van der Waals surface area (Å²) in [6, 6.07) is 1.64. The maximum absolute atomic E-state index is 8.64. The van der Waals surface area contributed by atoms with Crippen LogP contribution in [0, 0.1) is 0 Å². The zero-order valence-electron chi connectivity index (χ0n) is 9.44. The van der Waals surface area contributed by atoms with Crippen LogP contribution in [0.25, 0.3) is 0 Å². The second-order valence-corrected chi connectivity index (χ2v) is 3.33. The Hall–Kier alpha value is -1.40. The number of aliphatic hydroxyl groups is 1. The highest BCUT2D eigenvalue weighted by Crippen LogP contribution is 2.13. The van der Waals surface area contributed by atoms with Crippen LogP contribution in [0.2, 0.25) is 0 Å². The number of rotatable bonds is 7. The largest absolute Gasteiger partial charge is 0.477 e. The minimum Gasteiger partial charge on any atom is -0.477 e. The molecule has 0 aliphatic rings. The minimum absolute atomic E-state index is 0.106. The lowest BCUT2D eigenvalue weighted by molar-refractivity contribution is 0.229. The Morgan fingerprint density at radius 2 is 2.31 bits per heavy atom. The SMILES string of the molecule is CCCc1nc(NN)cc(OCCCO)n1. The summed E-state index contributed by atoms with van der Waals surface area (Å²) in [5.41, 5.74) is 2.48. The first-order valence-electron chi connectivity index (χ1n) is 5.38. The van der Waals surface area contributed by atoms with E-state index in [9.17, 15) is 0 Å². The van der Waals surface area contributed by atoms with Gasteiger partial charge in [0.15, 0.2) is 0 Å². The van der Waals surface area contributed by atoms with E-state index in [0.717, 1.165) is 12.8 Å². The highest BCUT2D eigenvalue weighted by atomic mass is 16.5. The second-order valence-electron chi connectivity index (χ2n) is 3.33. The van der Waals surface area contributed by atoms with Crippen molar-refractivity contribution in [1.82, 2.24) is 9.97 Å². The van der Waals surface area contributed by atoms with Crippen LogP contribution in [-0.4, -0.2) is 28.3 Å². The molecule has 0 saturated carbocycles. The van der Waals surface area contributed by atoms with Gasteiger partial charge in [0.2, 0.25) is 5.88 Å². The molecule has 0 saturated heterocycles. The number of nitrogens with one attached hydrogen (secondary N) is 1. The van der Waals surface area contributed by atoms with Gasteiger partial charge in [0.1, 0.15) is 11.6 Å². The fourth-order valence-electron chi connectivity index (χ4n) is 1.20. The average molecular weight is 226 g/mol.